The van der Waals surface area contributed by atoms with E-state index in [1.165, 1.54) is 0 Å². The van der Waals surface area contributed by atoms with E-state index < -0.39 is 0 Å². The Bertz CT molecular complexity index is 161. The Morgan fingerprint density at radius 1 is 1.54 bits per heavy atom. The second-order valence-corrected chi connectivity index (χ2v) is 3.27. The summed E-state index contributed by atoms with van der Waals surface area (Å²) in [5.74, 6) is -0.204. The smallest absolute Gasteiger partial charge is 0.309 e. The molecule has 1 aliphatic rings. The summed E-state index contributed by atoms with van der Waals surface area (Å²) in [5.41, 5.74) is 0. The van der Waals surface area contributed by atoms with Gasteiger partial charge in [0, 0.05) is 0 Å². The average molecular weight is 209 g/mol. The van der Waals surface area contributed by atoms with Crippen LogP contribution in [0.2, 0.25) is 0 Å². The molecule has 1 rings (SSSR count). The first kappa shape index (κ1) is 12.7. The maximum Gasteiger partial charge on any atom is 0.309 e. The third-order valence-corrected chi connectivity index (χ3v) is 2.27. The molecule has 1 fully saturated rings. The van der Waals surface area contributed by atoms with Crippen LogP contribution in [-0.4, -0.2) is 23.8 Å². The van der Waals surface area contributed by atoms with Crippen LogP contribution in [0.5, 0.6) is 0 Å². The van der Waals surface area contributed by atoms with Gasteiger partial charge in [0.25, 0.3) is 0 Å². The number of carbonyl (C=O) groups excluding carboxylic acids is 1. The van der Waals surface area contributed by atoms with Crippen molar-refractivity contribution in [2.45, 2.75) is 38.7 Å². The van der Waals surface area contributed by atoms with E-state index in [-0.39, 0.29) is 30.4 Å². The van der Waals surface area contributed by atoms with Gasteiger partial charge < -0.3 is 9.84 Å². The summed E-state index contributed by atoms with van der Waals surface area (Å²) in [7, 11) is 0. The molecule has 1 aliphatic carbocycles. The molecule has 0 aromatic rings. The van der Waals surface area contributed by atoms with Crippen molar-refractivity contribution in [3.05, 3.63) is 0 Å². The SMILES string of the molecule is CCOC(=O)C1CCCC(O)C1.Cl. The molecule has 0 aliphatic heterocycles. The van der Waals surface area contributed by atoms with Gasteiger partial charge in [0.15, 0.2) is 0 Å². The van der Waals surface area contributed by atoms with Gasteiger partial charge >= 0.3 is 5.97 Å². The minimum atomic E-state index is -0.298. The molecule has 0 heterocycles. The first-order valence-electron chi connectivity index (χ1n) is 4.58. The Kier molecular flexibility index (Phi) is 6.08. The molecule has 1 saturated carbocycles. The molecule has 0 radical (unpaired) electrons. The van der Waals surface area contributed by atoms with E-state index in [9.17, 15) is 9.90 Å². The van der Waals surface area contributed by atoms with Gasteiger partial charge in [-0.2, -0.15) is 0 Å². The van der Waals surface area contributed by atoms with Crippen molar-refractivity contribution in [2.75, 3.05) is 6.61 Å². The second kappa shape index (κ2) is 6.22. The molecule has 4 heteroatoms. The van der Waals surface area contributed by atoms with E-state index in [0.29, 0.717) is 13.0 Å². The summed E-state index contributed by atoms with van der Waals surface area (Å²) in [5, 5.41) is 9.29. The Labute approximate surface area is 84.9 Å². The number of aliphatic hydroxyl groups excluding tert-OH is 1. The Hall–Kier alpha value is -0.280. The average Bonchev–Trinajstić information content (AvgIpc) is 2.05. The number of rotatable bonds is 2. The predicted molar refractivity (Wildman–Crippen MR) is 51.8 cm³/mol. The lowest BCUT2D eigenvalue weighted by molar-refractivity contribution is -0.150. The van der Waals surface area contributed by atoms with Crippen molar-refractivity contribution in [2.24, 2.45) is 5.92 Å². The summed E-state index contributed by atoms with van der Waals surface area (Å²) < 4.78 is 4.88. The van der Waals surface area contributed by atoms with Crippen LogP contribution < -0.4 is 0 Å². The summed E-state index contributed by atoms with van der Waals surface area (Å²) in [6.45, 7) is 2.24. The maximum atomic E-state index is 11.2. The fourth-order valence-electron chi connectivity index (χ4n) is 1.64. The van der Waals surface area contributed by atoms with Gasteiger partial charge in [0.1, 0.15) is 0 Å². The maximum absolute atomic E-state index is 11.2. The van der Waals surface area contributed by atoms with Crippen LogP contribution in [0.25, 0.3) is 0 Å². The highest BCUT2D eigenvalue weighted by Gasteiger charge is 2.26. The van der Waals surface area contributed by atoms with Gasteiger partial charge in [-0.25, -0.2) is 0 Å². The van der Waals surface area contributed by atoms with E-state index in [1.54, 1.807) is 6.92 Å². The van der Waals surface area contributed by atoms with Crippen molar-refractivity contribution in [3.8, 4) is 0 Å². The molecule has 1 N–H and O–H groups in total. The van der Waals surface area contributed by atoms with Crippen LogP contribution in [0.15, 0.2) is 0 Å². The lowest BCUT2D eigenvalue weighted by Gasteiger charge is -2.23. The predicted octanol–water partition coefficient (Wildman–Crippen LogP) is 1.52. The van der Waals surface area contributed by atoms with E-state index in [0.717, 1.165) is 19.3 Å². The Balaban J connectivity index is 0.00000144. The summed E-state index contributed by atoms with van der Waals surface area (Å²) in [6, 6.07) is 0. The lowest BCUT2D eigenvalue weighted by atomic mass is 9.87. The van der Waals surface area contributed by atoms with Gasteiger partial charge in [0.05, 0.1) is 18.6 Å². The standard InChI is InChI=1S/C9H16O3.ClH/c1-2-12-9(11)7-4-3-5-8(10)6-7;/h7-8,10H,2-6H2,1H3;1H. The molecule has 0 amide bonds. The molecule has 0 saturated heterocycles. The Morgan fingerprint density at radius 3 is 2.77 bits per heavy atom. The minimum absolute atomic E-state index is 0. The first-order valence-corrected chi connectivity index (χ1v) is 4.58. The normalized spacial score (nSPS) is 27.5. The molecule has 0 aromatic carbocycles. The van der Waals surface area contributed by atoms with Gasteiger partial charge in [-0.05, 0) is 26.2 Å². The number of hydrogen-bond acceptors (Lipinski definition) is 3. The van der Waals surface area contributed by atoms with Crippen molar-refractivity contribution in [3.63, 3.8) is 0 Å². The molecule has 0 spiro atoms. The van der Waals surface area contributed by atoms with Crippen molar-refractivity contribution in [1.82, 2.24) is 0 Å². The molecule has 78 valence electrons. The van der Waals surface area contributed by atoms with Crippen LogP contribution in [0, 0.1) is 5.92 Å². The molecular formula is C9H17ClO3. The fourth-order valence-corrected chi connectivity index (χ4v) is 1.64. The van der Waals surface area contributed by atoms with Crippen LogP contribution in [-0.2, 0) is 9.53 Å². The molecule has 0 aromatic heterocycles. The summed E-state index contributed by atoms with van der Waals surface area (Å²) >= 11 is 0. The molecule has 2 atom stereocenters. The largest absolute Gasteiger partial charge is 0.466 e. The van der Waals surface area contributed by atoms with Gasteiger partial charge in [-0.3, -0.25) is 4.79 Å². The monoisotopic (exact) mass is 208 g/mol. The second-order valence-electron chi connectivity index (χ2n) is 3.27. The lowest BCUT2D eigenvalue weighted by Crippen LogP contribution is -2.27. The van der Waals surface area contributed by atoms with Gasteiger partial charge in [-0.15, -0.1) is 12.4 Å². The van der Waals surface area contributed by atoms with Crippen LogP contribution >= 0.6 is 12.4 Å². The van der Waals surface area contributed by atoms with E-state index in [1.807, 2.05) is 0 Å². The number of aliphatic hydroxyl groups is 1. The molecule has 13 heavy (non-hydrogen) atoms. The third-order valence-electron chi connectivity index (χ3n) is 2.27. The highest BCUT2D eigenvalue weighted by molar-refractivity contribution is 5.85. The topological polar surface area (TPSA) is 46.5 Å². The zero-order valence-corrected chi connectivity index (χ0v) is 8.68. The highest BCUT2D eigenvalue weighted by atomic mass is 35.5. The summed E-state index contributed by atoms with van der Waals surface area (Å²) in [4.78, 5) is 11.2. The van der Waals surface area contributed by atoms with Crippen LogP contribution in [0.1, 0.15) is 32.6 Å². The van der Waals surface area contributed by atoms with E-state index in [2.05, 4.69) is 0 Å². The van der Waals surface area contributed by atoms with E-state index in [4.69, 9.17) is 4.74 Å². The highest BCUT2D eigenvalue weighted by Crippen LogP contribution is 2.24. The first-order chi connectivity index (χ1) is 5.74. The third kappa shape index (κ3) is 3.96. The fraction of sp³-hybridized carbons (Fsp3) is 0.889. The molecule has 0 bridgehead atoms. The van der Waals surface area contributed by atoms with Crippen molar-refractivity contribution >= 4 is 18.4 Å². The van der Waals surface area contributed by atoms with Crippen molar-refractivity contribution < 1.29 is 14.6 Å². The number of hydrogen-bond donors (Lipinski definition) is 1. The van der Waals surface area contributed by atoms with Crippen molar-refractivity contribution in [1.29, 1.82) is 0 Å². The number of ether oxygens (including phenoxy) is 1. The number of halogens is 1. The molecule has 3 nitrogen and oxygen atoms in total. The Morgan fingerprint density at radius 2 is 2.23 bits per heavy atom. The summed E-state index contributed by atoms with van der Waals surface area (Å²) in [6.07, 6.45) is 2.92. The quantitative estimate of drug-likeness (QED) is 0.700. The zero-order valence-electron chi connectivity index (χ0n) is 7.86. The number of esters is 1. The zero-order chi connectivity index (χ0) is 8.97. The molecule has 2 unspecified atom stereocenters. The number of carbonyl (C=O) groups is 1. The van der Waals surface area contributed by atoms with E-state index >= 15 is 0 Å². The minimum Gasteiger partial charge on any atom is -0.466 e. The van der Waals surface area contributed by atoms with Gasteiger partial charge in [-0.1, -0.05) is 6.42 Å². The molecular weight excluding hydrogens is 192 g/mol. The van der Waals surface area contributed by atoms with Crippen LogP contribution in [0.3, 0.4) is 0 Å². The van der Waals surface area contributed by atoms with Gasteiger partial charge in [0.2, 0.25) is 0 Å². The van der Waals surface area contributed by atoms with Crippen LogP contribution in [0.4, 0.5) is 0 Å².